The second-order valence-corrected chi connectivity index (χ2v) is 17.3. The van der Waals surface area contributed by atoms with Crippen LogP contribution in [-0.2, 0) is 18.7 Å². The van der Waals surface area contributed by atoms with Gasteiger partial charge in [-0.15, -0.1) is 6.58 Å². The third-order valence-corrected chi connectivity index (χ3v) is 14.1. The van der Waals surface area contributed by atoms with E-state index in [2.05, 4.69) is 91.8 Å². The molecule has 0 N–H and O–H groups in total. The van der Waals surface area contributed by atoms with Gasteiger partial charge in [0, 0.05) is 19.9 Å². The van der Waals surface area contributed by atoms with Crippen LogP contribution in [0.1, 0.15) is 58.4 Å². The van der Waals surface area contributed by atoms with Crippen LogP contribution in [0.15, 0.2) is 88.8 Å². The second-order valence-electron chi connectivity index (χ2n) is 12.2. The number of allylic oxidation sites excluding steroid dienone is 1. The van der Waals surface area contributed by atoms with Gasteiger partial charge in [-0.25, -0.2) is 0 Å². The summed E-state index contributed by atoms with van der Waals surface area (Å²) in [5, 5.41) is 2.10. The summed E-state index contributed by atoms with van der Waals surface area (Å²) in [5.41, 5.74) is -0.866. The molecule has 0 bridgehead atoms. The number of rotatable bonds is 12. The van der Waals surface area contributed by atoms with E-state index in [4.69, 9.17) is 18.6 Å². The molecule has 0 amide bonds. The standard InChI is InChI=1S/C34H42BrNO6Si/c1-8-15-27-31(38)34(5,32(41-23-39-6)28-30(40-7)29(37)26(35)22-36(27)28)20-21-42-43(33(2,3)4,24-16-11-9-12-17-24)25-18-13-10-14-19-25/h8-14,16-19,22,27,32H,1,15,20-21,23H2,2-7H3. The lowest BCUT2D eigenvalue weighted by atomic mass is 9.70. The van der Waals surface area contributed by atoms with Gasteiger partial charge in [0.15, 0.2) is 11.5 Å². The lowest BCUT2D eigenvalue weighted by Gasteiger charge is -2.47. The Kier molecular flexibility index (Phi) is 10.3. The summed E-state index contributed by atoms with van der Waals surface area (Å²) < 4.78 is 26.5. The van der Waals surface area contributed by atoms with Gasteiger partial charge in [0.25, 0.3) is 8.32 Å². The molecule has 2 aromatic carbocycles. The molecular weight excluding hydrogens is 626 g/mol. The maximum absolute atomic E-state index is 14.5. The summed E-state index contributed by atoms with van der Waals surface area (Å²) in [6.07, 6.45) is 3.28. The number of Topliss-reactive ketones (excluding diaryl/α,β-unsaturated/α-hetero) is 1. The van der Waals surface area contributed by atoms with E-state index in [1.807, 2.05) is 19.1 Å². The van der Waals surface area contributed by atoms with Crippen molar-refractivity contribution in [2.24, 2.45) is 5.41 Å². The van der Waals surface area contributed by atoms with Gasteiger partial charge >= 0.3 is 0 Å². The maximum Gasteiger partial charge on any atom is 0.261 e. The van der Waals surface area contributed by atoms with Gasteiger partial charge in [-0.1, -0.05) is 87.5 Å². The molecule has 0 radical (unpaired) electrons. The zero-order valence-electron chi connectivity index (χ0n) is 25.9. The van der Waals surface area contributed by atoms with Crippen LogP contribution in [0.5, 0.6) is 5.75 Å². The van der Waals surface area contributed by atoms with Crippen LogP contribution < -0.4 is 20.5 Å². The molecule has 3 aromatic rings. The van der Waals surface area contributed by atoms with Gasteiger partial charge in [-0.3, -0.25) is 9.59 Å². The summed E-state index contributed by atoms with van der Waals surface area (Å²) in [4.78, 5) is 27.7. The van der Waals surface area contributed by atoms with Gasteiger partial charge in [0.2, 0.25) is 5.43 Å². The SMILES string of the molecule is C=CCC1C(=O)C(C)(CCO[Si](c2ccccc2)(c2ccccc2)C(C)(C)C)C(OCOC)c2c(OC)c(=O)c(Br)cn21. The molecule has 1 aliphatic rings. The molecule has 2 heterocycles. The third kappa shape index (κ3) is 5.98. The van der Waals surface area contributed by atoms with Crippen molar-refractivity contribution in [3.05, 3.63) is 99.9 Å². The summed E-state index contributed by atoms with van der Waals surface area (Å²) >= 11 is 3.36. The molecule has 230 valence electrons. The van der Waals surface area contributed by atoms with E-state index in [0.717, 1.165) is 10.4 Å². The number of pyridine rings is 1. The number of halogens is 1. The lowest BCUT2D eigenvalue weighted by Crippen LogP contribution is -2.66. The van der Waals surface area contributed by atoms with E-state index >= 15 is 0 Å². The average molecular weight is 669 g/mol. The molecule has 43 heavy (non-hydrogen) atoms. The van der Waals surface area contributed by atoms with Crippen LogP contribution in [0.3, 0.4) is 0 Å². The van der Waals surface area contributed by atoms with Crippen molar-refractivity contribution in [2.45, 2.75) is 57.7 Å². The van der Waals surface area contributed by atoms with Gasteiger partial charge < -0.3 is 23.2 Å². The maximum atomic E-state index is 14.5. The number of ketones is 1. The van der Waals surface area contributed by atoms with Crippen molar-refractivity contribution in [1.82, 2.24) is 4.57 Å². The van der Waals surface area contributed by atoms with Gasteiger partial charge in [-0.2, -0.15) is 0 Å². The molecule has 0 saturated carbocycles. The highest BCUT2D eigenvalue weighted by Gasteiger charge is 2.54. The van der Waals surface area contributed by atoms with Crippen LogP contribution in [0.4, 0.5) is 0 Å². The molecule has 9 heteroatoms. The fourth-order valence-corrected chi connectivity index (χ4v) is 11.4. The Balaban J connectivity index is 1.84. The quantitative estimate of drug-likeness (QED) is 0.135. The first-order chi connectivity index (χ1) is 20.5. The fraction of sp³-hybridized carbons (Fsp3) is 0.412. The monoisotopic (exact) mass is 667 g/mol. The first kappa shape index (κ1) is 33.1. The van der Waals surface area contributed by atoms with Crippen LogP contribution in [0.25, 0.3) is 0 Å². The van der Waals surface area contributed by atoms with E-state index in [1.165, 1.54) is 14.2 Å². The largest absolute Gasteiger partial charge is 0.491 e. The zero-order chi connectivity index (χ0) is 31.4. The number of carbonyl (C=O) groups excluding carboxylic acids is 1. The summed E-state index contributed by atoms with van der Waals surface area (Å²) in [6, 6.07) is 20.2. The molecule has 0 fully saturated rings. The van der Waals surface area contributed by atoms with Crippen molar-refractivity contribution in [1.29, 1.82) is 0 Å². The predicted molar refractivity (Wildman–Crippen MR) is 176 cm³/mol. The van der Waals surface area contributed by atoms with Gasteiger partial charge in [-0.05, 0) is 51.1 Å². The highest BCUT2D eigenvalue weighted by Crippen LogP contribution is 2.51. The minimum absolute atomic E-state index is 0.0235. The van der Waals surface area contributed by atoms with E-state index < -0.39 is 25.9 Å². The normalized spacial score (nSPS) is 20.5. The number of nitrogens with zero attached hydrogens (tertiary/aromatic N) is 1. The number of methoxy groups -OCH3 is 2. The summed E-state index contributed by atoms with van der Waals surface area (Å²) in [6.45, 7) is 12.7. The van der Waals surface area contributed by atoms with E-state index in [1.54, 1.807) is 16.8 Å². The third-order valence-electron chi connectivity index (χ3n) is 8.52. The number of fused-ring (bicyclic) bond motifs is 1. The molecule has 3 unspecified atom stereocenters. The molecule has 1 aliphatic heterocycles. The second kappa shape index (κ2) is 13.4. The first-order valence-corrected chi connectivity index (χ1v) is 17.2. The van der Waals surface area contributed by atoms with Crippen LogP contribution in [0, 0.1) is 5.41 Å². The predicted octanol–water partition coefficient (Wildman–Crippen LogP) is 5.95. The number of hydrogen-bond acceptors (Lipinski definition) is 6. The minimum atomic E-state index is -2.85. The molecule has 7 nitrogen and oxygen atoms in total. The zero-order valence-corrected chi connectivity index (χ0v) is 28.5. The summed E-state index contributed by atoms with van der Waals surface area (Å²) in [5.74, 6) is 0.112. The van der Waals surface area contributed by atoms with E-state index in [9.17, 15) is 9.59 Å². The number of aromatic nitrogens is 1. The Morgan fingerprint density at radius 2 is 1.60 bits per heavy atom. The molecule has 1 aromatic heterocycles. The molecule has 0 aliphatic carbocycles. The number of benzene rings is 2. The van der Waals surface area contributed by atoms with Crippen LogP contribution >= 0.6 is 15.9 Å². The van der Waals surface area contributed by atoms with E-state index in [0.29, 0.717) is 29.6 Å². The molecule has 0 spiro atoms. The van der Waals surface area contributed by atoms with Crippen LogP contribution in [0.2, 0.25) is 5.04 Å². The highest BCUT2D eigenvalue weighted by atomic mass is 79.9. The highest BCUT2D eigenvalue weighted by molar-refractivity contribution is 9.10. The molecular formula is C34H42BrNO6Si. The van der Waals surface area contributed by atoms with Crippen LogP contribution in [-0.4, -0.2) is 46.3 Å². The summed E-state index contributed by atoms with van der Waals surface area (Å²) in [7, 11) is 0.133. The fourth-order valence-electron chi connectivity index (χ4n) is 6.45. The minimum Gasteiger partial charge on any atom is -0.491 e. The van der Waals surface area contributed by atoms with Crippen molar-refractivity contribution in [2.75, 3.05) is 27.6 Å². The van der Waals surface area contributed by atoms with Crippen molar-refractivity contribution in [3.63, 3.8) is 0 Å². The van der Waals surface area contributed by atoms with Crippen molar-refractivity contribution < 1.29 is 23.4 Å². The van der Waals surface area contributed by atoms with Gasteiger partial charge in [0.05, 0.1) is 28.7 Å². The van der Waals surface area contributed by atoms with Gasteiger partial charge in [0.1, 0.15) is 12.9 Å². The Bertz CT molecular complexity index is 1450. The Morgan fingerprint density at radius 1 is 1.02 bits per heavy atom. The number of carbonyl (C=O) groups is 1. The topological polar surface area (TPSA) is 76.0 Å². The smallest absolute Gasteiger partial charge is 0.261 e. The first-order valence-electron chi connectivity index (χ1n) is 14.5. The average Bonchev–Trinajstić information content (AvgIpc) is 2.99. The Hall–Kier alpha value is -2.82. The Morgan fingerprint density at radius 3 is 2.09 bits per heavy atom. The number of hydrogen-bond donors (Lipinski definition) is 0. The number of ether oxygens (including phenoxy) is 3. The van der Waals surface area contributed by atoms with Crippen molar-refractivity contribution in [3.8, 4) is 5.75 Å². The lowest BCUT2D eigenvalue weighted by molar-refractivity contribution is -0.162. The molecule has 3 atom stereocenters. The molecule has 4 rings (SSSR count). The Labute approximate surface area is 264 Å². The molecule has 0 saturated heterocycles. The van der Waals surface area contributed by atoms with Crippen molar-refractivity contribution >= 4 is 40.4 Å². The van der Waals surface area contributed by atoms with E-state index in [-0.39, 0.29) is 28.8 Å².